The van der Waals surface area contributed by atoms with Gasteiger partial charge in [-0.3, -0.25) is 4.79 Å². The van der Waals surface area contributed by atoms with Crippen molar-refractivity contribution in [2.75, 3.05) is 13.6 Å². The third kappa shape index (κ3) is 4.08. The molecular weight excluding hydrogens is 230 g/mol. The van der Waals surface area contributed by atoms with Crippen LogP contribution in [0.1, 0.15) is 12.0 Å². The molecule has 0 atom stereocenters. The van der Waals surface area contributed by atoms with Crippen molar-refractivity contribution in [1.29, 1.82) is 0 Å². The van der Waals surface area contributed by atoms with E-state index in [4.69, 9.17) is 16.7 Å². The van der Waals surface area contributed by atoms with Crippen LogP contribution in [0.15, 0.2) is 18.2 Å². The van der Waals surface area contributed by atoms with Gasteiger partial charge in [-0.25, -0.2) is 0 Å². The zero-order chi connectivity index (χ0) is 12.1. The first-order valence-corrected chi connectivity index (χ1v) is 5.24. The summed E-state index contributed by atoms with van der Waals surface area (Å²) in [5.41, 5.74) is 0.940. The number of carboxylic acid groups (broad SMARTS) is 1. The standard InChI is InChI=1S/C11H14ClNO3/c1-13(5-4-11(15)16)7-8-2-3-10(14)9(12)6-8/h2-3,6,14H,4-5,7H2,1H3,(H,15,16). The van der Waals surface area contributed by atoms with E-state index >= 15 is 0 Å². The van der Waals surface area contributed by atoms with Gasteiger partial charge in [-0.1, -0.05) is 17.7 Å². The molecule has 1 rings (SSSR count). The van der Waals surface area contributed by atoms with E-state index in [1.54, 1.807) is 12.1 Å². The lowest BCUT2D eigenvalue weighted by Crippen LogP contribution is -2.21. The summed E-state index contributed by atoms with van der Waals surface area (Å²) in [5, 5.41) is 18.1. The summed E-state index contributed by atoms with van der Waals surface area (Å²) in [4.78, 5) is 12.3. The van der Waals surface area contributed by atoms with Crippen molar-refractivity contribution in [3.8, 4) is 5.75 Å². The van der Waals surface area contributed by atoms with Crippen molar-refractivity contribution in [1.82, 2.24) is 4.90 Å². The van der Waals surface area contributed by atoms with E-state index in [1.807, 2.05) is 11.9 Å². The van der Waals surface area contributed by atoms with Gasteiger partial charge in [0.2, 0.25) is 0 Å². The molecule has 0 radical (unpaired) electrons. The summed E-state index contributed by atoms with van der Waals surface area (Å²) < 4.78 is 0. The highest BCUT2D eigenvalue weighted by molar-refractivity contribution is 6.32. The zero-order valence-electron chi connectivity index (χ0n) is 8.98. The molecule has 0 aliphatic carbocycles. The van der Waals surface area contributed by atoms with Crippen molar-refractivity contribution in [3.63, 3.8) is 0 Å². The Morgan fingerprint density at radius 3 is 2.75 bits per heavy atom. The number of nitrogens with zero attached hydrogens (tertiary/aromatic N) is 1. The molecule has 0 aromatic heterocycles. The lowest BCUT2D eigenvalue weighted by atomic mass is 10.2. The molecule has 1 aromatic carbocycles. The molecule has 0 heterocycles. The molecule has 0 aliphatic rings. The van der Waals surface area contributed by atoms with Crippen molar-refractivity contribution < 1.29 is 15.0 Å². The van der Waals surface area contributed by atoms with Gasteiger partial charge in [-0.2, -0.15) is 0 Å². The highest BCUT2D eigenvalue weighted by Gasteiger charge is 2.05. The van der Waals surface area contributed by atoms with Gasteiger partial charge < -0.3 is 15.1 Å². The number of carboxylic acids is 1. The average Bonchev–Trinajstić information content (AvgIpc) is 2.21. The van der Waals surface area contributed by atoms with E-state index < -0.39 is 5.97 Å². The van der Waals surface area contributed by atoms with Crippen LogP contribution in [0.2, 0.25) is 5.02 Å². The first kappa shape index (κ1) is 12.8. The topological polar surface area (TPSA) is 60.8 Å². The second-order valence-corrected chi connectivity index (χ2v) is 4.07. The molecular formula is C11H14ClNO3. The Morgan fingerprint density at radius 2 is 2.19 bits per heavy atom. The van der Waals surface area contributed by atoms with Crippen LogP contribution in [-0.4, -0.2) is 34.7 Å². The van der Waals surface area contributed by atoms with Gasteiger partial charge in [-0.15, -0.1) is 0 Å². The molecule has 1 aromatic rings. The maximum absolute atomic E-state index is 10.4. The average molecular weight is 244 g/mol. The summed E-state index contributed by atoms with van der Waals surface area (Å²) in [5.74, 6) is -0.755. The Balaban J connectivity index is 2.52. The zero-order valence-corrected chi connectivity index (χ0v) is 9.74. The summed E-state index contributed by atoms with van der Waals surface area (Å²) in [6, 6.07) is 4.97. The van der Waals surface area contributed by atoms with E-state index in [0.29, 0.717) is 18.1 Å². The number of halogens is 1. The summed E-state index contributed by atoms with van der Waals surface area (Å²) in [6.07, 6.45) is 0.113. The number of phenolic OH excluding ortho intramolecular Hbond substituents is 1. The lowest BCUT2D eigenvalue weighted by Gasteiger charge is -2.15. The number of hydrogen-bond acceptors (Lipinski definition) is 3. The molecule has 5 heteroatoms. The molecule has 4 nitrogen and oxygen atoms in total. The van der Waals surface area contributed by atoms with E-state index in [0.717, 1.165) is 5.56 Å². The smallest absolute Gasteiger partial charge is 0.304 e. The van der Waals surface area contributed by atoms with Crippen molar-refractivity contribution in [2.24, 2.45) is 0 Å². The van der Waals surface area contributed by atoms with Crippen LogP contribution in [0.3, 0.4) is 0 Å². The maximum Gasteiger partial charge on any atom is 0.304 e. The number of benzene rings is 1. The Bertz CT molecular complexity index is 381. The van der Waals surface area contributed by atoms with Gasteiger partial charge in [0.1, 0.15) is 5.75 Å². The molecule has 16 heavy (non-hydrogen) atoms. The second kappa shape index (κ2) is 5.72. The summed E-state index contributed by atoms with van der Waals surface area (Å²) in [6.45, 7) is 1.08. The molecule has 0 amide bonds. The van der Waals surface area contributed by atoms with E-state index in [9.17, 15) is 9.90 Å². The first-order valence-electron chi connectivity index (χ1n) is 4.87. The van der Waals surface area contributed by atoms with Crippen LogP contribution < -0.4 is 0 Å². The minimum Gasteiger partial charge on any atom is -0.506 e. The SMILES string of the molecule is CN(CCC(=O)O)Cc1ccc(O)c(Cl)c1. The molecule has 0 saturated heterocycles. The minimum absolute atomic E-state index is 0.0543. The van der Waals surface area contributed by atoms with E-state index in [-0.39, 0.29) is 12.2 Å². The fraction of sp³-hybridized carbons (Fsp3) is 0.364. The van der Waals surface area contributed by atoms with E-state index in [1.165, 1.54) is 6.07 Å². The summed E-state index contributed by atoms with van der Waals surface area (Å²) >= 11 is 5.76. The normalized spacial score (nSPS) is 10.7. The molecule has 0 bridgehead atoms. The molecule has 2 N–H and O–H groups in total. The monoisotopic (exact) mass is 243 g/mol. The van der Waals surface area contributed by atoms with Crippen LogP contribution in [0.25, 0.3) is 0 Å². The Labute approximate surface area is 99.1 Å². The van der Waals surface area contributed by atoms with E-state index in [2.05, 4.69) is 0 Å². The third-order valence-corrected chi connectivity index (χ3v) is 2.47. The van der Waals surface area contributed by atoms with Crippen LogP contribution in [0.5, 0.6) is 5.75 Å². The lowest BCUT2D eigenvalue weighted by molar-refractivity contribution is -0.137. The fourth-order valence-electron chi connectivity index (χ4n) is 1.33. The fourth-order valence-corrected chi connectivity index (χ4v) is 1.53. The Morgan fingerprint density at radius 1 is 1.50 bits per heavy atom. The molecule has 0 saturated carbocycles. The number of aromatic hydroxyl groups is 1. The van der Waals surface area contributed by atoms with Crippen LogP contribution in [-0.2, 0) is 11.3 Å². The van der Waals surface area contributed by atoms with Crippen molar-refractivity contribution >= 4 is 17.6 Å². The van der Waals surface area contributed by atoms with Gasteiger partial charge in [0.15, 0.2) is 0 Å². The van der Waals surface area contributed by atoms with Gasteiger partial charge in [-0.05, 0) is 24.7 Å². The molecule has 0 spiro atoms. The summed E-state index contributed by atoms with van der Waals surface area (Å²) in [7, 11) is 1.84. The Kier molecular flexibility index (Phi) is 4.58. The van der Waals surface area contributed by atoms with Crippen LogP contribution in [0, 0.1) is 0 Å². The van der Waals surface area contributed by atoms with Gasteiger partial charge >= 0.3 is 5.97 Å². The predicted molar refractivity (Wildman–Crippen MR) is 61.7 cm³/mol. The minimum atomic E-state index is -0.810. The number of phenols is 1. The molecule has 88 valence electrons. The third-order valence-electron chi connectivity index (χ3n) is 2.17. The highest BCUT2D eigenvalue weighted by atomic mass is 35.5. The predicted octanol–water partition coefficient (Wildman–Crippen LogP) is 1.95. The molecule has 0 aliphatic heterocycles. The van der Waals surface area contributed by atoms with Crippen LogP contribution >= 0.6 is 11.6 Å². The molecule has 0 fully saturated rings. The number of rotatable bonds is 5. The van der Waals surface area contributed by atoms with Gasteiger partial charge in [0.05, 0.1) is 11.4 Å². The number of aliphatic carboxylic acids is 1. The van der Waals surface area contributed by atoms with Crippen molar-refractivity contribution in [3.05, 3.63) is 28.8 Å². The van der Waals surface area contributed by atoms with Crippen molar-refractivity contribution in [2.45, 2.75) is 13.0 Å². The van der Waals surface area contributed by atoms with Gasteiger partial charge in [0, 0.05) is 13.1 Å². The second-order valence-electron chi connectivity index (χ2n) is 3.67. The maximum atomic E-state index is 10.4. The largest absolute Gasteiger partial charge is 0.506 e. The quantitative estimate of drug-likeness (QED) is 0.830. The number of hydrogen-bond donors (Lipinski definition) is 2. The molecule has 0 unspecified atom stereocenters. The number of carbonyl (C=O) groups is 1. The first-order chi connectivity index (χ1) is 7.49. The highest BCUT2D eigenvalue weighted by Crippen LogP contribution is 2.24. The Hall–Kier alpha value is -1.26. The van der Waals surface area contributed by atoms with Gasteiger partial charge in [0.25, 0.3) is 0 Å². The van der Waals surface area contributed by atoms with Crippen LogP contribution in [0.4, 0.5) is 0 Å².